The number of aliphatic hydroxyl groups is 1. The zero-order valence-corrected chi connectivity index (χ0v) is 10.7. The predicted molar refractivity (Wildman–Crippen MR) is 66.8 cm³/mol. The lowest BCUT2D eigenvalue weighted by Crippen LogP contribution is -2.54. The van der Waals surface area contributed by atoms with Crippen LogP contribution in [0.15, 0.2) is 0 Å². The summed E-state index contributed by atoms with van der Waals surface area (Å²) in [5, 5.41) is 13.1. The van der Waals surface area contributed by atoms with Crippen LogP contribution in [0.25, 0.3) is 0 Å². The Morgan fingerprint density at radius 3 is 2.35 bits per heavy atom. The molecule has 0 amide bonds. The van der Waals surface area contributed by atoms with Crippen LogP contribution in [0.4, 0.5) is 0 Å². The second-order valence-corrected chi connectivity index (χ2v) is 6.60. The molecular weight excluding hydrogens is 214 g/mol. The molecule has 0 aromatic rings. The van der Waals surface area contributed by atoms with Crippen molar-refractivity contribution in [3.05, 3.63) is 0 Å². The molecule has 1 heterocycles. The van der Waals surface area contributed by atoms with Crippen LogP contribution < -0.4 is 5.32 Å². The van der Waals surface area contributed by atoms with Crippen LogP contribution >= 0.6 is 0 Å². The fraction of sp³-hybridized carbons (Fsp3) is 1.00. The minimum absolute atomic E-state index is 0.0343. The van der Waals surface area contributed by atoms with Gasteiger partial charge in [-0.2, -0.15) is 0 Å². The van der Waals surface area contributed by atoms with Gasteiger partial charge in [-0.25, -0.2) is 0 Å². The van der Waals surface area contributed by atoms with Crippen LogP contribution in [0.1, 0.15) is 38.5 Å². The van der Waals surface area contributed by atoms with E-state index in [1.165, 1.54) is 38.5 Å². The van der Waals surface area contributed by atoms with E-state index in [9.17, 15) is 5.11 Å². The fourth-order valence-corrected chi connectivity index (χ4v) is 3.90. The van der Waals surface area contributed by atoms with E-state index in [0.717, 1.165) is 31.6 Å². The first-order valence-corrected chi connectivity index (χ1v) is 7.22. The Morgan fingerprint density at radius 1 is 1.12 bits per heavy atom. The van der Waals surface area contributed by atoms with Crippen molar-refractivity contribution in [1.82, 2.24) is 5.32 Å². The molecule has 2 saturated carbocycles. The molecule has 3 rings (SSSR count). The summed E-state index contributed by atoms with van der Waals surface area (Å²) in [6.45, 7) is 2.67. The van der Waals surface area contributed by atoms with Crippen molar-refractivity contribution in [2.45, 2.75) is 44.6 Å². The SMILES string of the molecule is OCC1(CNC2CC3CCCC(C3)C2)COC1. The van der Waals surface area contributed by atoms with Crippen LogP contribution in [-0.2, 0) is 4.74 Å². The number of nitrogens with one attached hydrogen (secondary N) is 1. The Labute approximate surface area is 104 Å². The number of fused-ring (bicyclic) bond motifs is 2. The molecule has 2 atom stereocenters. The van der Waals surface area contributed by atoms with Crippen LogP contribution in [0.3, 0.4) is 0 Å². The fourth-order valence-electron chi connectivity index (χ4n) is 3.90. The first kappa shape index (κ1) is 11.9. The number of hydrogen-bond acceptors (Lipinski definition) is 3. The molecule has 3 nitrogen and oxygen atoms in total. The van der Waals surface area contributed by atoms with E-state index in [1.54, 1.807) is 0 Å². The van der Waals surface area contributed by atoms with Gasteiger partial charge in [-0.1, -0.05) is 19.3 Å². The summed E-state index contributed by atoms with van der Waals surface area (Å²) in [7, 11) is 0. The molecule has 0 aromatic heterocycles. The predicted octanol–water partition coefficient (Wildman–Crippen LogP) is 1.55. The zero-order chi connectivity index (χ0) is 11.7. The van der Waals surface area contributed by atoms with Gasteiger partial charge in [0.1, 0.15) is 0 Å². The van der Waals surface area contributed by atoms with E-state index in [4.69, 9.17) is 4.74 Å². The highest BCUT2D eigenvalue weighted by atomic mass is 16.5. The Balaban J connectivity index is 1.49. The van der Waals surface area contributed by atoms with Gasteiger partial charge < -0.3 is 15.2 Å². The van der Waals surface area contributed by atoms with Crippen molar-refractivity contribution in [2.24, 2.45) is 17.3 Å². The molecule has 2 aliphatic carbocycles. The Bertz CT molecular complexity index is 247. The maximum Gasteiger partial charge on any atom is 0.0579 e. The minimum Gasteiger partial charge on any atom is -0.396 e. The quantitative estimate of drug-likeness (QED) is 0.782. The van der Waals surface area contributed by atoms with E-state index in [-0.39, 0.29) is 12.0 Å². The van der Waals surface area contributed by atoms with Gasteiger partial charge in [-0.3, -0.25) is 0 Å². The molecule has 3 heteroatoms. The Hall–Kier alpha value is -0.120. The highest BCUT2D eigenvalue weighted by Crippen LogP contribution is 2.40. The summed E-state index contributed by atoms with van der Waals surface area (Å²) < 4.78 is 5.24. The third kappa shape index (κ3) is 2.51. The first-order valence-electron chi connectivity index (χ1n) is 7.22. The van der Waals surface area contributed by atoms with Crippen LogP contribution in [-0.4, -0.2) is 37.5 Å². The monoisotopic (exact) mass is 239 g/mol. The second-order valence-electron chi connectivity index (χ2n) is 6.60. The van der Waals surface area contributed by atoms with Crippen molar-refractivity contribution in [2.75, 3.05) is 26.4 Å². The number of aliphatic hydroxyl groups excluding tert-OH is 1. The number of ether oxygens (including phenoxy) is 1. The topological polar surface area (TPSA) is 41.5 Å². The molecule has 17 heavy (non-hydrogen) atoms. The van der Waals surface area contributed by atoms with Crippen LogP contribution in [0.5, 0.6) is 0 Å². The van der Waals surface area contributed by atoms with E-state index in [0.29, 0.717) is 6.04 Å². The van der Waals surface area contributed by atoms with E-state index >= 15 is 0 Å². The second kappa shape index (κ2) is 4.87. The molecule has 0 aromatic carbocycles. The molecule has 3 aliphatic rings. The average molecular weight is 239 g/mol. The van der Waals surface area contributed by atoms with Gasteiger partial charge in [0.15, 0.2) is 0 Å². The summed E-state index contributed by atoms with van der Waals surface area (Å²) in [4.78, 5) is 0. The minimum atomic E-state index is 0.0343. The third-order valence-corrected chi connectivity index (χ3v) is 5.04. The maximum absolute atomic E-state index is 9.41. The van der Waals surface area contributed by atoms with Gasteiger partial charge in [0.25, 0.3) is 0 Å². The highest BCUT2D eigenvalue weighted by molar-refractivity contribution is 4.91. The lowest BCUT2D eigenvalue weighted by Gasteiger charge is -2.44. The third-order valence-electron chi connectivity index (χ3n) is 5.04. The molecule has 2 bridgehead atoms. The number of hydrogen-bond donors (Lipinski definition) is 2. The van der Waals surface area contributed by atoms with Gasteiger partial charge in [0.05, 0.1) is 25.2 Å². The molecule has 2 unspecified atom stereocenters. The molecule has 0 radical (unpaired) electrons. The molecule has 3 fully saturated rings. The lowest BCUT2D eigenvalue weighted by molar-refractivity contribution is -0.135. The van der Waals surface area contributed by atoms with E-state index in [2.05, 4.69) is 5.32 Å². The summed E-state index contributed by atoms with van der Waals surface area (Å²) >= 11 is 0. The van der Waals surface area contributed by atoms with Crippen molar-refractivity contribution in [3.8, 4) is 0 Å². The van der Waals surface area contributed by atoms with Crippen LogP contribution in [0, 0.1) is 17.3 Å². The summed E-state index contributed by atoms with van der Waals surface area (Å²) in [6, 6.07) is 0.697. The van der Waals surface area contributed by atoms with Gasteiger partial charge in [0.2, 0.25) is 0 Å². The van der Waals surface area contributed by atoms with Crippen molar-refractivity contribution < 1.29 is 9.84 Å². The van der Waals surface area contributed by atoms with Crippen molar-refractivity contribution in [3.63, 3.8) is 0 Å². The van der Waals surface area contributed by atoms with E-state index < -0.39 is 0 Å². The molecule has 2 N–H and O–H groups in total. The molecule has 0 spiro atoms. The maximum atomic E-state index is 9.41. The summed E-state index contributed by atoms with van der Waals surface area (Å²) in [5.74, 6) is 1.95. The van der Waals surface area contributed by atoms with Gasteiger partial charge in [0, 0.05) is 12.6 Å². The zero-order valence-electron chi connectivity index (χ0n) is 10.7. The molecule has 98 valence electrons. The number of rotatable bonds is 4. The molecule has 1 aliphatic heterocycles. The van der Waals surface area contributed by atoms with Crippen LogP contribution in [0.2, 0.25) is 0 Å². The smallest absolute Gasteiger partial charge is 0.0579 e. The largest absolute Gasteiger partial charge is 0.396 e. The normalized spacial score (nSPS) is 39.7. The summed E-state index contributed by atoms with van der Waals surface area (Å²) in [5.41, 5.74) is 0.0343. The van der Waals surface area contributed by atoms with Gasteiger partial charge in [-0.05, 0) is 31.1 Å². The Morgan fingerprint density at radius 2 is 1.82 bits per heavy atom. The van der Waals surface area contributed by atoms with Gasteiger partial charge in [-0.15, -0.1) is 0 Å². The first-order chi connectivity index (χ1) is 8.30. The van der Waals surface area contributed by atoms with Crippen molar-refractivity contribution in [1.29, 1.82) is 0 Å². The van der Waals surface area contributed by atoms with Crippen molar-refractivity contribution >= 4 is 0 Å². The lowest BCUT2D eigenvalue weighted by atomic mass is 9.70. The van der Waals surface area contributed by atoms with E-state index in [1.807, 2.05) is 0 Å². The molecular formula is C14H25NO2. The summed E-state index contributed by atoms with van der Waals surface area (Å²) in [6.07, 6.45) is 8.55. The highest BCUT2D eigenvalue weighted by Gasteiger charge is 2.39. The molecule has 1 saturated heterocycles. The standard InChI is InChI=1S/C14H25NO2/c16-8-14(9-17-10-14)7-15-13-5-11-2-1-3-12(4-11)6-13/h11-13,15-16H,1-10H2. The Kier molecular flexibility index (Phi) is 3.42. The van der Waals surface area contributed by atoms with Gasteiger partial charge >= 0.3 is 0 Å². The average Bonchev–Trinajstić information content (AvgIpc) is 2.28.